The van der Waals surface area contributed by atoms with Crippen LogP contribution in [-0.4, -0.2) is 27.3 Å². The van der Waals surface area contributed by atoms with Gasteiger partial charge in [-0.1, -0.05) is 54.1 Å². The lowest BCUT2D eigenvalue weighted by Crippen LogP contribution is -2.17. The standard InChI is InChI=1S/C30H35NO3.ClH/c1-32-29-20-26-18-25(19-27(26)21-30(29)33-2)11-7-17-31-16-6-10-23-12-14-28(15-13-23)34-22-24-8-4-3-5-9-24;/h3-5,8-9,12-15,18,20-21,31H,6-7,10-11,16-17,19,22H2,1-2H3;1H. The lowest BCUT2D eigenvalue weighted by Gasteiger charge is -2.09. The van der Waals surface area contributed by atoms with Crippen LogP contribution in [0.5, 0.6) is 17.2 Å². The Balaban J connectivity index is 0.00000342. The number of aryl methyl sites for hydroxylation is 1. The van der Waals surface area contributed by atoms with Crippen molar-refractivity contribution in [2.24, 2.45) is 0 Å². The van der Waals surface area contributed by atoms with E-state index < -0.39 is 0 Å². The van der Waals surface area contributed by atoms with Crippen molar-refractivity contribution in [1.82, 2.24) is 5.32 Å². The lowest BCUT2D eigenvalue weighted by atomic mass is 10.1. The monoisotopic (exact) mass is 493 g/mol. The molecule has 3 aromatic rings. The fourth-order valence-electron chi connectivity index (χ4n) is 4.38. The van der Waals surface area contributed by atoms with Gasteiger partial charge in [0.2, 0.25) is 0 Å². The average Bonchev–Trinajstić information content (AvgIpc) is 3.28. The molecule has 35 heavy (non-hydrogen) atoms. The summed E-state index contributed by atoms with van der Waals surface area (Å²) in [6.07, 6.45) is 7.82. The normalized spacial score (nSPS) is 11.9. The third-order valence-corrected chi connectivity index (χ3v) is 6.26. The molecule has 0 amide bonds. The molecule has 4 rings (SSSR count). The first-order chi connectivity index (χ1) is 16.7. The number of methoxy groups -OCH3 is 2. The smallest absolute Gasteiger partial charge is 0.161 e. The third kappa shape index (κ3) is 7.78. The van der Waals surface area contributed by atoms with Gasteiger partial charge in [0.1, 0.15) is 12.4 Å². The zero-order chi connectivity index (χ0) is 23.6. The molecule has 0 spiro atoms. The van der Waals surface area contributed by atoms with Crippen molar-refractivity contribution in [2.75, 3.05) is 27.3 Å². The van der Waals surface area contributed by atoms with Gasteiger partial charge >= 0.3 is 0 Å². The van der Waals surface area contributed by atoms with Gasteiger partial charge in [-0.25, -0.2) is 0 Å². The third-order valence-electron chi connectivity index (χ3n) is 6.26. The van der Waals surface area contributed by atoms with Gasteiger partial charge in [-0.3, -0.25) is 0 Å². The molecule has 186 valence electrons. The molecule has 3 aromatic carbocycles. The molecular weight excluding hydrogens is 458 g/mol. The van der Waals surface area contributed by atoms with E-state index in [1.54, 1.807) is 14.2 Å². The highest BCUT2D eigenvalue weighted by atomic mass is 35.5. The van der Waals surface area contributed by atoms with Crippen molar-refractivity contribution in [2.45, 2.75) is 38.7 Å². The number of allylic oxidation sites excluding steroid dienone is 1. The molecule has 0 aliphatic heterocycles. The van der Waals surface area contributed by atoms with E-state index in [0.29, 0.717) is 6.61 Å². The summed E-state index contributed by atoms with van der Waals surface area (Å²) in [4.78, 5) is 0. The van der Waals surface area contributed by atoms with Gasteiger partial charge in [0.15, 0.2) is 11.5 Å². The van der Waals surface area contributed by atoms with Crippen LogP contribution >= 0.6 is 12.4 Å². The Labute approximate surface area is 215 Å². The molecule has 0 saturated heterocycles. The molecule has 4 nitrogen and oxygen atoms in total. The van der Waals surface area contributed by atoms with Crippen molar-refractivity contribution in [3.05, 3.63) is 94.6 Å². The molecule has 1 aliphatic rings. The summed E-state index contributed by atoms with van der Waals surface area (Å²) in [5, 5.41) is 3.60. The highest BCUT2D eigenvalue weighted by Crippen LogP contribution is 2.36. The number of halogens is 1. The van der Waals surface area contributed by atoms with Crippen molar-refractivity contribution >= 4 is 18.5 Å². The number of benzene rings is 3. The second kappa shape index (κ2) is 13.8. The van der Waals surface area contributed by atoms with Gasteiger partial charge in [0.05, 0.1) is 14.2 Å². The van der Waals surface area contributed by atoms with Gasteiger partial charge in [-0.2, -0.15) is 0 Å². The molecule has 0 unspecified atom stereocenters. The van der Waals surface area contributed by atoms with Crippen LogP contribution in [-0.2, 0) is 19.4 Å². The van der Waals surface area contributed by atoms with E-state index in [0.717, 1.165) is 62.4 Å². The summed E-state index contributed by atoms with van der Waals surface area (Å²) in [6, 6.07) is 23.0. The van der Waals surface area contributed by atoms with Gasteiger partial charge in [-0.15, -0.1) is 12.4 Å². The summed E-state index contributed by atoms with van der Waals surface area (Å²) in [5.74, 6) is 2.53. The van der Waals surface area contributed by atoms with Crippen LogP contribution in [0.1, 0.15) is 41.5 Å². The highest BCUT2D eigenvalue weighted by Gasteiger charge is 2.16. The zero-order valence-electron chi connectivity index (χ0n) is 20.7. The first-order valence-corrected chi connectivity index (χ1v) is 12.2. The van der Waals surface area contributed by atoms with Crippen molar-refractivity contribution < 1.29 is 14.2 Å². The summed E-state index contributed by atoms with van der Waals surface area (Å²) in [6.45, 7) is 2.70. The summed E-state index contributed by atoms with van der Waals surface area (Å²) in [7, 11) is 3.38. The van der Waals surface area contributed by atoms with Gasteiger partial charge in [0, 0.05) is 0 Å². The Morgan fingerprint density at radius 1 is 0.771 bits per heavy atom. The molecule has 1 aliphatic carbocycles. The number of rotatable bonds is 13. The van der Waals surface area contributed by atoms with E-state index in [-0.39, 0.29) is 12.4 Å². The maximum atomic E-state index is 5.87. The van der Waals surface area contributed by atoms with Gasteiger partial charge in [0.25, 0.3) is 0 Å². The van der Waals surface area contributed by atoms with E-state index in [4.69, 9.17) is 14.2 Å². The number of hydrogen-bond donors (Lipinski definition) is 1. The number of nitrogens with one attached hydrogen (secondary N) is 1. The van der Waals surface area contributed by atoms with E-state index in [1.165, 1.54) is 27.8 Å². The molecule has 0 saturated carbocycles. The molecule has 0 radical (unpaired) electrons. The van der Waals surface area contributed by atoms with Crippen LogP contribution in [0.15, 0.2) is 72.3 Å². The van der Waals surface area contributed by atoms with E-state index in [1.807, 2.05) is 18.2 Å². The first kappa shape index (κ1) is 26.7. The fraction of sp³-hybridized carbons (Fsp3) is 0.333. The average molecular weight is 494 g/mol. The Morgan fingerprint density at radius 3 is 2.17 bits per heavy atom. The highest BCUT2D eigenvalue weighted by molar-refractivity contribution is 5.85. The Hall–Kier alpha value is -2.95. The van der Waals surface area contributed by atoms with E-state index in [2.05, 4.69) is 59.9 Å². The molecule has 0 aromatic heterocycles. The number of hydrogen-bond acceptors (Lipinski definition) is 4. The number of fused-ring (bicyclic) bond motifs is 1. The fourth-order valence-corrected chi connectivity index (χ4v) is 4.38. The predicted octanol–water partition coefficient (Wildman–Crippen LogP) is 6.65. The minimum Gasteiger partial charge on any atom is -0.493 e. The first-order valence-electron chi connectivity index (χ1n) is 12.2. The summed E-state index contributed by atoms with van der Waals surface area (Å²) in [5.41, 5.74) is 6.62. The van der Waals surface area contributed by atoms with Crippen molar-refractivity contribution in [1.29, 1.82) is 0 Å². The van der Waals surface area contributed by atoms with Crippen LogP contribution < -0.4 is 19.5 Å². The molecular formula is C30H36ClNO3. The minimum absolute atomic E-state index is 0. The quantitative estimate of drug-likeness (QED) is 0.271. The Bertz CT molecular complexity index is 1080. The lowest BCUT2D eigenvalue weighted by molar-refractivity contribution is 0.306. The van der Waals surface area contributed by atoms with E-state index >= 15 is 0 Å². The summed E-state index contributed by atoms with van der Waals surface area (Å²) < 4.78 is 16.7. The Kier molecular flexibility index (Phi) is 10.5. The summed E-state index contributed by atoms with van der Waals surface area (Å²) >= 11 is 0. The van der Waals surface area contributed by atoms with Crippen molar-refractivity contribution in [3.63, 3.8) is 0 Å². The molecule has 0 heterocycles. The number of ether oxygens (including phenoxy) is 3. The second-order valence-electron chi connectivity index (χ2n) is 8.76. The van der Waals surface area contributed by atoms with E-state index in [9.17, 15) is 0 Å². The molecule has 0 bridgehead atoms. The largest absolute Gasteiger partial charge is 0.493 e. The maximum absolute atomic E-state index is 5.87. The Morgan fingerprint density at radius 2 is 1.46 bits per heavy atom. The topological polar surface area (TPSA) is 39.7 Å². The molecule has 1 N–H and O–H groups in total. The molecule has 0 fully saturated rings. The maximum Gasteiger partial charge on any atom is 0.161 e. The van der Waals surface area contributed by atoms with Crippen molar-refractivity contribution in [3.8, 4) is 17.2 Å². The van der Waals surface area contributed by atoms with Crippen LogP contribution in [0.25, 0.3) is 6.08 Å². The SMILES string of the molecule is COc1cc2c(cc1OC)CC(CCCNCCCc1ccc(OCc3ccccc3)cc1)=C2.Cl. The van der Waals surface area contributed by atoms with Crippen LogP contribution in [0.3, 0.4) is 0 Å². The zero-order valence-corrected chi connectivity index (χ0v) is 21.5. The predicted molar refractivity (Wildman–Crippen MR) is 146 cm³/mol. The molecule has 0 atom stereocenters. The van der Waals surface area contributed by atoms with Gasteiger partial charge in [-0.05, 0) is 91.7 Å². The van der Waals surface area contributed by atoms with Crippen LogP contribution in [0, 0.1) is 0 Å². The second-order valence-corrected chi connectivity index (χ2v) is 8.76. The van der Waals surface area contributed by atoms with Crippen LogP contribution in [0.4, 0.5) is 0 Å². The minimum atomic E-state index is 0. The van der Waals surface area contributed by atoms with Crippen LogP contribution in [0.2, 0.25) is 0 Å². The molecule has 5 heteroatoms. The van der Waals surface area contributed by atoms with Gasteiger partial charge < -0.3 is 19.5 Å².